The highest BCUT2D eigenvalue weighted by atomic mass is 32.1. The van der Waals surface area contributed by atoms with E-state index in [-0.39, 0.29) is 34.4 Å². The lowest BCUT2D eigenvalue weighted by molar-refractivity contribution is -0.117. The Morgan fingerprint density at radius 3 is 2.63 bits per heavy atom. The van der Waals surface area contributed by atoms with Crippen LogP contribution in [0.4, 0.5) is 10.1 Å². The number of hydrogen-bond acceptors (Lipinski definition) is 5. The number of nitrogens with zero attached hydrogens (tertiary/aromatic N) is 1. The summed E-state index contributed by atoms with van der Waals surface area (Å²) >= 11 is 0.872. The minimum atomic E-state index is -1.27. The summed E-state index contributed by atoms with van der Waals surface area (Å²) in [6.45, 7) is 1.83. The van der Waals surface area contributed by atoms with Crippen LogP contribution in [0, 0.1) is 5.82 Å². The second-order valence-electron chi connectivity index (χ2n) is 6.77. The maximum absolute atomic E-state index is 14.6. The SMILES string of the molecule is CC(Oc1ccc(F)c(N2C(=O)Cc3csc(C(=O)O)c3C2=O)c1)c1ccccc1. The van der Waals surface area contributed by atoms with E-state index in [1.807, 2.05) is 37.3 Å². The number of carbonyl (C=O) groups excluding carboxylic acids is 2. The zero-order chi connectivity index (χ0) is 21.4. The van der Waals surface area contributed by atoms with Gasteiger partial charge in [-0.3, -0.25) is 9.59 Å². The summed E-state index contributed by atoms with van der Waals surface area (Å²) in [5.74, 6) is -3.26. The van der Waals surface area contributed by atoms with Crippen LogP contribution in [-0.2, 0) is 11.2 Å². The Kier molecular flexibility index (Phi) is 5.09. The summed E-state index contributed by atoms with van der Waals surface area (Å²) in [7, 11) is 0. The summed E-state index contributed by atoms with van der Waals surface area (Å²) in [5.41, 5.74) is 0.906. The molecule has 0 aliphatic carbocycles. The number of anilines is 1. The standard InChI is InChI=1S/C22H16FNO5S/c1-12(13-5-3-2-4-6-13)29-15-7-8-16(23)17(10-15)24-18(25)9-14-11-30-20(22(27)28)19(14)21(24)26/h2-8,10-12H,9H2,1H3,(H,27,28). The van der Waals surface area contributed by atoms with Crippen LogP contribution in [-0.4, -0.2) is 22.9 Å². The van der Waals surface area contributed by atoms with Crippen LogP contribution in [0.15, 0.2) is 53.9 Å². The van der Waals surface area contributed by atoms with Crippen LogP contribution >= 0.6 is 11.3 Å². The number of carbonyl (C=O) groups is 3. The van der Waals surface area contributed by atoms with Crippen LogP contribution in [0.5, 0.6) is 5.75 Å². The van der Waals surface area contributed by atoms with E-state index in [1.54, 1.807) is 0 Å². The number of amides is 2. The van der Waals surface area contributed by atoms with Crippen molar-refractivity contribution in [1.29, 1.82) is 0 Å². The van der Waals surface area contributed by atoms with Gasteiger partial charge in [0.2, 0.25) is 5.91 Å². The fourth-order valence-corrected chi connectivity index (χ4v) is 4.26. The molecule has 152 valence electrons. The average molecular weight is 425 g/mol. The molecule has 3 aromatic rings. The molecule has 2 heterocycles. The van der Waals surface area contributed by atoms with E-state index in [4.69, 9.17) is 4.74 Å². The third-order valence-corrected chi connectivity index (χ3v) is 5.83. The summed E-state index contributed by atoms with van der Waals surface area (Å²) in [5, 5.41) is 10.8. The normalized spacial score (nSPS) is 14.4. The highest BCUT2D eigenvalue weighted by Crippen LogP contribution is 2.35. The van der Waals surface area contributed by atoms with Crippen molar-refractivity contribution in [2.24, 2.45) is 0 Å². The maximum atomic E-state index is 14.6. The molecule has 0 spiro atoms. The van der Waals surface area contributed by atoms with Gasteiger partial charge in [-0.1, -0.05) is 30.3 Å². The van der Waals surface area contributed by atoms with Gasteiger partial charge in [0.05, 0.1) is 17.7 Å². The highest BCUT2D eigenvalue weighted by molar-refractivity contribution is 7.12. The second kappa shape index (κ2) is 7.72. The van der Waals surface area contributed by atoms with E-state index in [0.29, 0.717) is 10.5 Å². The van der Waals surface area contributed by atoms with Gasteiger partial charge >= 0.3 is 5.97 Å². The molecular formula is C22H16FNO5S. The minimum absolute atomic E-state index is 0.0736. The molecule has 0 fully saturated rings. The molecule has 1 atom stereocenters. The van der Waals surface area contributed by atoms with Gasteiger partial charge in [-0.2, -0.15) is 0 Å². The summed E-state index contributed by atoms with van der Waals surface area (Å²) in [6, 6.07) is 13.2. The van der Waals surface area contributed by atoms with Gasteiger partial charge in [-0.15, -0.1) is 11.3 Å². The predicted octanol–water partition coefficient (Wildman–Crippen LogP) is 4.45. The molecule has 1 unspecified atom stereocenters. The van der Waals surface area contributed by atoms with Gasteiger partial charge < -0.3 is 9.84 Å². The average Bonchev–Trinajstić information content (AvgIpc) is 3.15. The number of benzene rings is 2. The van der Waals surface area contributed by atoms with Crippen LogP contribution in [0.3, 0.4) is 0 Å². The Bertz CT molecular complexity index is 1160. The molecule has 8 heteroatoms. The molecular weight excluding hydrogens is 409 g/mol. The van der Waals surface area contributed by atoms with Crippen LogP contribution in [0.2, 0.25) is 0 Å². The molecule has 0 saturated heterocycles. The third-order valence-electron chi connectivity index (χ3n) is 4.81. The van der Waals surface area contributed by atoms with Crippen LogP contribution in [0.25, 0.3) is 0 Å². The van der Waals surface area contributed by atoms with Crippen LogP contribution in [0.1, 0.15) is 44.2 Å². The highest BCUT2D eigenvalue weighted by Gasteiger charge is 2.38. The Balaban J connectivity index is 1.69. The van der Waals surface area contributed by atoms with E-state index in [9.17, 15) is 23.9 Å². The fourth-order valence-electron chi connectivity index (χ4n) is 3.36. The van der Waals surface area contributed by atoms with Crippen molar-refractivity contribution in [1.82, 2.24) is 0 Å². The number of fused-ring (bicyclic) bond motifs is 1. The van der Waals surface area contributed by atoms with E-state index in [2.05, 4.69) is 0 Å². The number of carboxylic acids is 1. The number of imide groups is 1. The van der Waals surface area contributed by atoms with Gasteiger partial charge in [0.25, 0.3) is 5.91 Å². The molecule has 0 radical (unpaired) electrons. The molecule has 30 heavy (non-hydrogen) atoms. The van der Waals surface area contributed by atoms with Gasteiger partial charge in [-0.25, -0.2) is 14.1 Å². The Morgan fingerprint density at radius 2 is 1.93 bits per heavy atom. The second-order valence-corrected chi connectivity index (χ2v) is 7.64. The number of rotatable bonds is 5. The lowest BCUT2D eigenvalue weighted by Gasteiger charge is -2.26. The lowest BCUT2D eigenvalue weighted by atomic mass is 10.0. The molecule has 0 bridgehead atoms. The monoisotopic (exact) mass is 425 g/mol. The van der Waals surface area contributed by atoms with Crippen molar-refractivity contribution in [2.45, 2.75) is 19.4 Å². The molecule has 1 N–H and O–H groups in total. The van der Waals surface area contributed by atoms with E-state index < -0.39 is 23.6 Å². The number of aromatic carboxylic acids is 1. The Labute approximate surface area is 175 Å². The topological polar surface area (TPSA) is 83.9 Å². The number of ether oxygens (including phenoxy) is 1. The first-order chi connectivity index (χ1) is 14.4. The van der Waals surface area contributed by atoms with Gasteiger partial charge in [0, 0.05) is 6.07 Å². The smallest absolute Gasteiger partial charge is 0.346 e. The molecule has 2 amide bonds. The number of halogens is 1. The summed E-state index contributed by atoms with van der Waals surface area (Å²) < 4.78 is 20.5. The maximum Gasteiger partial charge on any atom is 0.346 e. The quantitative estimate of drug-likeness (QED) is 0.611. The molecule has 2 aromatic carbocycles. The first-order valence-electron chi connectivity index (χ1n) is 9.09. The van der Waals surface area contributed by atoms with Crippen molar-refractivity contribution in [2.75, 3.05) is 4.90 Å². The van der Waals surface area contributed by atoms with Crippen LogP contribution < -0.4 is 9.64 Å². The first kappa shape index (κ1) is 19.8. The summed E-state index contributed by atoms with van der Waals surface area (Å²) in [6.07, 6.45) is -0.533. The van der Waals surface area contributed by atoms with E-state index in [1.165, 1.54) is 17.5 Å². The summed E-state index contributed by atoms with van der Waals surface area (Å²) in [4.78, 5) is 37.5. The van der Waals surface area contributed by atoms with Crippen molar-refractivity contribution >= 4 is 34.8 Å². The lowest BCUT2D eigenvalue weighted by Crippen LogP contribution is -2.43. The number of thiophene rings is 1. The van der Waals surface area contributed by atoms with Gasteiger partial charge in [0.15, 0.2) is 0 Å². The number of carboxylic acid groups (broad SMARTS) is 1. The molecule has 1 aromatic heterocycles. The molecule has 1 aliphatic heterocycles. The van der Waals surface area contributed by atoms with Crippen molar-refractivity contribution in [3.8, 4) is 5.75 Å². The minimum Gasteiger partial charge on any atom is -0.486 e. The van der Waals surface area contributed by atoms with E-state index >= 15 is 0 Å². The zero-order valence-corrected chi connectivity index (χ0v) is 16.6. The van der Waals surface area contributed by atoms with Crippen molar-refractivity contribution in [3.63, 3.8) is 0 Å². The first-order valence-corrected chi connectivity index (χ1v) is 9.97. The Hall–Kier alpha value is -3.52. The van der Waals surface area contributed by atoms with Crippen molar-refractivity contribution in [3.05, 3.63) is 81.3 Å². The van der Waals surface area contributed by atoms with Gasteiger partial charge in [-0.05, 0) is 35.6 Å². The molecule has 4 rings (SSSR count). The predicted molar refractivity (Wildman–Crippen MR) is 109 cm³/mol. The van der Waals surface area contributed by atoms with Gasteiger partial charge in [0.1, 0.15) is 22.5 Å². The fraction of sp³-hybridized carbons (Fsp3) is 0.136. The largest absolute Gasteiger partial charge is 0.486 e. The molecule has 6 nitrogen and oxygen atoms in total. The van der Waals surface area contributed by atoms with E-state index in [0.717, 1.165) is 23.0 Å². The number of hydrogen-bond donors (Lipinski definition) is 1. The molecule has 1 aliphatic rings. The van der Waals surface area contributed by atoms with Crippen molar-refractivity contribution < 1.29 is 28.6 Å². The third kappa shape index (κ3) is 3.46. The zero-order valence-electron chi connectivity index (χ0n) is 15.8. The Morgan fingerprint density at radius 1 is 1.20 bits per heavy atom. The molecule has 0 saturated carbocycles.